The van der Waals surface area contributed by atoms with Crippen LogP contribution in [0.3, 0.4) is 0 Å². The molecule has 2 aromatic rings. The highest BCUT2D eigenvalue weighted by atomic mass is 32.2. The standard InChI is InChI=1S/C15H17N3O4S/c19-15(20)11-18(13-7-4-8-13)23(21,22)14-9-16-17(10-14)12-5-2-1-3-6-12/h1-3,5-6,9-10,13H,4,7-8,11H2,(H,19,20). The Kier molecular flexibility index (Phi) is 4.18. The molecule has 0 atom stereocenters. The largest absolute Gasteiger partial charge is 0.480 e. The normalized spacial score (nSPS) is 15.5. The number of para-hydroxylation sites is 1. The number of sulfonamides is 1. The van der Waals surface area contributed by atoms with Gasteiger partial charge in [-0.2, -0.15) is 9.40 Å². The topological polar surface area (TPSA) is 92.5 Å². The molecule has 1 N–H and O–H groups in total. The van der Waals surface area contributed by atoms with Crippen LogP contribution >= 0.6 is 0 Å². The second kappa shape index (κ2) is 6.13. The number of benzene rings is 1. The zero-order chi connectivity index (χ0) is 16.4. The Morgan fingerprint density at radius 2 is 2.00 bits per heavy atom. The summed E-state index contributed by atoms with van der Waals surface area (Å²) in [5.41, 5.74) is 0.738. The maximum absolute atomic E-state index is 12.8. The molecule has 122 valence electrons. The van der Waals surface area contributed by atoms with Crippen molar-refractivity contribution in [1.82, 2.24) is 14.1 Å². The van der Waals surface area contributed by atoms with E-state index in [-0.39, 0.29) is 10.9 Å². The van der Waals surface area contributed by atoms with E-state index in [1.165, 1.54) is 17.1 Å². The van der Waals surface area contributed by atoms with Gasteiger partial charge in [-0.1, -0.05) is 24.6 Å². The van der Waals surface area contributed by atoms with Gasteiger partial charge in [-0.3, -0.25) is 4.79 Å². The van der Waals surface area contributed by atoms with Crippen molar-refractivity contribution in [3.63, 3.8) is 0 Å². The third-order valence-electron chi connectivity index (χ3n) is 3.96. The van der Waals surface area contributed by atoms with Crippen molar-refractivity contribution in [2.75, 3.05) is 6.54 Å². The lowest BCUT2D eigenvalue weighted by atomic mass is 9.93. The minimum atomic E-state index is -3.87. The van der Waals surface area contributed by atoms with E-state index in [2.05, 4.69) is 5.10 Å². The van der Waals surface area contributed by atoms with E-state index in [1.54, 1.807) is 0 Å². The van der Waals surface area contributed by atoms with Crippen LogP contribution < -0.4 is 0 Å². The Hall–Kier alpha value is -2.19. The summed E-state index contributed by atoms with van der Waals surface area (Å²) in [5, 5.41) is 13.1. The second-order valence-electron chi connectivity index (χ2n) is 5.48. The molecule has 1 fully saturated rings. The van der Waals surface area contributed by atoms with Crippen molar-refractivity contribution >= 4 is 16.0 Å². The van der Waals surface area contributed by atoms with Crippen LogP contribution in [0.25, 0.3) is 5.69 Å². The highest BCUT2D eigenvalue weighted by molar-refractivity contribution is 7.89. The summed E-state index contributed by atoms with van der Waals surface area (Å²) < 4.78 is 28.1. The van der Waals surface area contributed by atoms with Crippen molar-refractivity contribution in [1.29, 1.82) is 0 Å². The van der Waals surface area contributed by atoms with E-state index in [1.807, 2.05) is 30.3 Å². The van der Waals surface area contributed by atoms with E-state index in [0.717, 1.165) is 16.4 Å². The quantitative estimate of drug-likeness (QED) is 0.863. The van der Waals surface area contributed by atoms with Gasteiger partial charge in [-0.15, -0.1) is 0 Å². The molecule has 0 bridgehead atoms. The number of carbonyl (C=O) groups is 1. The van der Waals surface area contributed by atoms with E-state index >= 15 is 0 Å². The Balaban J connectivity index is 1.92. The molecule has 0 aliphatic heterocycles. The number of rotatable bonds is 6. The monoisotopic (exact) mass is 335 g/mol. The van der Waals surface area contributed by atoms with Crippen molar-refractivity contribution in [3.05, 3.63) is 42.7 Å². The van der Waals surface area contributed by atoms with E-state index in [4.69, 9.17) is 5.11 Å². The van der Waals surface area contributed by atoms with Gasteiger partial charge in [0.2, 0.25) is 10.0 Å². The van der Waals surface area contributed by atoms with Crippen LogP contribution in [0.2, 0.25) is 0 Å². The van der Waals surface area contributed by atoms with Crippen LogP contribution in [-0.4, -0.2) is 46.2 Å². The number of nitrogens with zero attached hydrogens (tertiary/aromatic N) is 3. The fraction of sp³-hybridized carbons (Fsp3) is 0.333. The number of carboxylic acids is 1. The number of hydrogen-bond donors (Lipinski definition) is 1. The molecule has 0 saturated heterocycles. The lowest BCUT2D eigenvalue weighted by molar-refractivity contribution is -0.137. The molecule has 1 saturated carbocycles. The van der Waals surface area contributed by atoms with Crippen LogP contribution in [0.5, 0.6) is 0 Å². The summed E-state index contributed by atoms with van der Waals surface area (Å²) in [6.45, 7) is -0.524. The lowest BCUT2D eigenvalue weighted by Crippen LogP contribution is -2.46. The molecule has 1 aromatic carbocycles. The maximum Gasteiger partial charge on any atom is 0.318 e. The molecule has 0 spiro atoms. The van der Waals surface area contributed by atoms with Gasteiger partial charge >= 0.3 is 5.97 Å². The third kappa shape index (κ3) is 3.13. The van der Waals surface area contributed by atoms with E-state index in [0.29, 0.717) is 12.8 Å². The molecule has 0 radical (unpaired) electrons. The fourth-order valence-corrected chi connectivity index (χ4v) is 4.08. The zero-order valence-corrected chi connectivity index (χ0v) is 13.2. The van der Waals surface area contributed by atoms with Gasteiger partial charge in [0.15, 0.2) is 0 Å². The van der Waals surface area contributed by atoms with Gasteiger partial charge < -0.3 is 5.11 Å². The summed E-state index contributed by atoms with van der Waals surface area (Å²) in [6, 6.07) is 8.90. The van der Waals surface area contributed by atoms with Crippen molar-refractivity contribution in [2.45, 2.75) is 30.2 Å². The van der Waals surface area contributed by atoms with Crippen LogP contribution in [0.4, 0.5) is 0 Å². The van der Waals surface area contributed by atoms with Gasteiger partial charge in [0.05, 0.1) is 18.1 Å². The first-order valence-corrected chi connectivity index (χ1v) is 8.76. The fourth-order valence-electron chi connectivity index (χ4n) is 2.52. The molecule has 1 aromatic heterocycles. The molecule has 0 unspecified atom stereocenters. The van der Waals surface area contributed by atoms with E-state index < -0.39 is 22.5 Å². The molecule has 23 heavy (non-hydrogen) atoms. The molecule has 1 heterocycles. The van der Waals surface area contributed by atoms with Crippen LogP contribution in [0.15, 0.2) is 47.6 Å². The molecule has 7 nitrogen and oxygen atoms in total. The van der Waals surface area contributed by atoms with Gasteiger partial charge in [-0.05, 0) is 25.0 Å². The Bertz CT molecular complexity index is 797. The maximum atomic E-state index is 12.8. The number of carboxylic acid groups (broad SMARTS) is 1. The van der Waals surface area contributed by atoms with Crippen molar-refractivity contribution < 1.29 is 18.3 Å². The molecular formula is C15H17N3O4S. The first-order chi connectivity index (χ1) is 11.0. The van der Waals surface area contributed by atoms with Gasteiger partial charge in [0.1, 0.15) is 11.4 Å². The highest BCUT2D eigenvalue weighted by Gasteiger charge is 2.37. The molecule has 1 aliphatic rings. The summed E-state index contributed by atoms with van der Waals surface area (Å²) in [4.78, 5) is 11.0. The summed E-state index contributed by atoms with van der Waals surface area (Å²) in [6.07, 6.45) is 4.98. The minimum Gasteiger partial charge on any atom is -0.480 e. The molecule has 8 heteroatoms. The van der Waals surface area contributed by atoms with Gasteiger partial charge in [-0.25, -0.2) is 13.1 Å². The van der Waals surface area contributed by atoms with Crippen LogP contribution in [0, 0.1) is 0 Å². The van der Waals surface area contributed by atoms with E-state index in [9.17, 15) is 13.2 Å². The van der Waals surface area contributed by atoms with Gasteiger partial charge in [0, 0.05) is 6.04 Å². The summed E-state index contributed by atoms with van der Waals surface area (Å²) >= 11 is 0. The van der Waals surface area contributed by atoms with Crippen LogP contribution in [-0.2, 0) is 14.8 Å². The third-order valence-corrected chi connectivity index (χ3v) is 5.81. The molecular weight excluding hydrogens is 318 g/mol. The first-order valence-electron chi connectivity index (χ1n) is 7.32. The Morgan fingerprint density at radius 3 is 2.57 bits per heavy atom. The highest BCUT2D eigenvalue weighted by Crippen LogP contribution is 2.29. The molecule has 0 amide bonds. The number of aromatic nitrogens is 2. The number of hydrogen-bond acceptors (Lipinski definition) is 4. The molecule has 3 rings (SSSR count). The average Bonchev–Trinajstić information content (AvgIpc) is 2.96. The van der Waals surface area contributed by atoms with Crippen molar-refractivity contribution in [3.8, 4) is 5.69 Å². The summed E-state index contributed by atoms with van der Waals surface area (Å²) in [7, 11) is -3.87. The summed E-state index contributed by atoms with van der Waals surface area (Å²) in [5.74, 6) is -1.16. The average molecular weight is 335 g/mol. The van der Waals surface area contributed by atoms with Gasteiger partial charge in [0.25, 0.3) is 0 Å². The number of aliphatic carboxylic acids is 1. The predicted molar refractivity (Wildman–Crippen MR) is 82.7 cm³/mol. The minimum absolute atomic E-state index is 0.00880. The lowest BCUT2D eigenvalue weighted by Gasteiger charge is -2.35. The SMILES string of the molecule is O=C(O)CN(C1CCC1)S(=O)(=O)c1cnn(-c2ccccc2)c1. The van der Waals surface area contributed by atoms with Crippen LogP contribution in [0.1, 0.15) is 19.3 Å². The second-order valence-corrected chi connectivity index (χ2v) is 7.38. The zero-order valence-electron chi connectivity index (χ0n) is 12.4. The Labute approximate surface area is 134 Å². The Morgan fingerprint density at radius 1 is 1.30 bits per heavy atom. The smallest absolute Gasteiger partial charge is 0.318 e. The molecule has 1 aliphatic carbocycles. The van der Waals surface area contributed by atoms with Crippen molar-refractivity contribution in [2.24, 2.45) is 0 Å². The predicted octanol–water partition coefficient (Wildman–Crippen LogP) is 1.50. The first kappa shape index (κ1) is 15.7.